The molecule has 2 N–H and O–H groups in total. The molecular formula is C15H20N2. The van der Waals surface area contributed by atoms with Crippen molar-refractivity contribution in [2.24, 2.45) is 5.73 Å². The van der Waals surface area contributed by atoms with Crippen molar-refractivity contribution in [2.45, 2.75) is 38.6 Å². The standard InChI is InChI=1S/C15H20N2/c1-11-4-2-6-14-15(11)12(5-3-9-16)10-17(14)13-7-8-13/h2,4,6,10,13H,3,5,7-9,16H2,1H3. The van der Waals surface area contributed by atoms with Crippen molar-refractivity contribution in [3.8, 4) is 0 Å². The zero-order valence-corrected chi connectivity index (χ0v) is 10.4. The van der Waals surface area contributed by atoms with Gasteiger partial charge in [-0.05, 0) is 56.3 Å². The number of hydrogen-bond donors (Lipinski definition) is 1. The van der Waals surface area contributed by atoms with Gasteiger partial charge >= 0.3 is 0 Å². The molecule has 0 saturated heterocycles. The quantitative estimate of drug-likeness (QED) is 0.856. The average Bonchev–Trinajstić information content (AvgIpc) is 3.10. The summed E-state index contributed by atoms with van der Waals surface area (Å²) in [5.74, 6) is 0. The molecule has 1 aromatic carbocycles. The highest BCUT2D eigenvalue weighted by molar-refractivity contribution is 5.87. The maximum Gasteiger partial charge on any atom is 0.0488 e. The molecule has 0 amide bonds. The van der Waals surface area contributed by atoms with Crippen molar-refractivity contribution in [1.82, 2.24) is 4.57 Å². The molecule has 2 heteroatoms. The second kappa shape index (κ2) is 4.19. The fourth-order valence-corrected chi connectivity index (χ4v) is 2.72. The first-order chi connectivity index (χ1) is 8.31. The van der Waals surface area contributed by atoms with E-state index in [1.54, 1.807) is 0 Å². The molecule has 0 unspecified atom stereocenters. The van der Waals surface area contributed by atoms with E-state index < -0.39 is 0 Å². The summed E-state index contributed by atoms with van der Waals surface area (Å²) < 4.78 is 2.48. The first kappa shape index (κ1) is 10.8. The number of nitrogens with two attached hydrogens (primary N) is 1. The van der Waals surface area contributed by atoms with Crippen LogP contribution in [0.15, 0.2) is 24.4 Å². The van der Waals surface area contributed by atoms with Gasteiger partial charge in [0.15, 0.2) is 0 Å². The maximum atomic E-state index is 5.63. The Morgan fingerprint density at radius 2 is 2.18 bits per heavy atom. The summed E-state index contributed by atoms with van der Waals surface area (Å²) in [4.78, 5) is 0. The van der Waals surface area contributed by atoms with Crippen LogP contribution >= 0.6 is 0 Å². The molecule has 1 saturated carbocycles. The van der Waals surface area contributed by atoms with E-state index in [-0.39, 0.29) is 0 Å². The van der Waals surface area contributed by atoms with Gasteiger partial charge in [0, 0.05) is 23.1 Å². The minimum Gasteiger partial charge on any atom is -0.344 e. The third-order valence-electron chi connectivity index (χ3n) is 3.74. The van der Waals surface area contributed by atoms with Gasteiger partial charge in [0.1, 0.15) is 0 Å². The Bertz CT molecular complexity index is 535. The fourth-order valence-electron chi connectivity index (χ4n) is 2.72. The minimum absolute atomic E-state index is 0.755. The van der Waals surface area contributed by atoms with E-state index in [4.69, 9.17) is 5.73 Å². The maximum absolute atomic E-state index is 5.63. The molecule has 1 aromatic heterocycles. The summed E-state index contributed by atoms with van der Waals surface area (Å²) in [6, 6.07) is 7.40. The summed E-state index contributed by atoms with van der Waals surface area (Å²) in [6.07, 6.45) is 7.24. The molecule has 2 aromatic rings. The lowest BCUT2D eigenvalue weighted by Crippen LogP contribution is -2.00. The van der Waals surface area contributed by atoms with Crippen LogP contribution in [0.5, 0.6) is 0 Å². The number of aromatic nitrogens is 1. The van der Waals surface area contributed by atoms with E-state index in [9.17, 15) is 0 Å². The molecule has 3 rings (SSSR count). The largest absolute Gasteiger partial charge is 0.344 e. The number of rotatable bonds is 4. The molecule has 0 bridgehead atoms. The van der Waals surface area contributed by atoms with Crippen LogP contribution in [0.3, 0.4) is 0 Å². The Kier molecular flexibility index (Phi) is 2.67. The Morgan fingerprint density at radius 1 is 1.35 bits per heavy atom. The van der Waals surface area contributed by atoms with E-state index in [0.29, 0.717) is 0 Å². The summed E-state index contributed by atoms with van der Waals surface area (Å²) in [5.41, 5.74) is 9.93. The summed E-state index contributed by atoms with van der Waals surface area (Å²) in [5, 5.41) is 1.47. The number of aryl methyl sites for hydroxylation is 2. The zero-order valence-electron chi connectivity index (χ0n) is 10.4. The van der Waals surface area contributed by atoms with E-state index in [2.05, 4.69) is 35.9 Å². The zero-order chi connectivity index (χ0) is 11.8. The van der Waals surface area contributed by atoms with Crippen molar-refractivity contribution in [3.63, 3.8) is 0 Å². The predicted molar refractivity (Wildman–Crippen MR) is 72.3 cm³/mol. The van der Waals surface area contributed by atoms with Gasteiger partial charge in [-0.2, -0.15) is 0 Å². The summed E-state index contributed by atoms with van der Waals surface area (Å²) in [7, 11) is 0. The molecule has 0 atom stereocenters. The number of hydrogen-bond acceptors (Lipinski definition) is 1. The van der Waals surface area contributed by atoms with Crippen molar-refractivity contribution >= 4 is 10.9 Å². The van der Waals surface area contributed by atoms with Gasteiger partial charge in [-0.1, -0.05) is 12.1 Å². The molecule has 0 aliphatic heterocycles. The van der Waals surface area contributed by atoms with Gasteiger partial charge < -0.3 is 10.3 Å². The molecule has 1 fully saturated rings. The van der Waals surface area contributed by atoms with Crippen LogP contribution in [0.1, 0.15) is 36.4 Å². The van der Waals surface area contributed by atoms with Gasteiger partial charge in [-0.3, -0.25) is 0 Å². The topological polar surface area (TPSA) is 30.9 Å². The van der Waals surface area contributed by atoms with Gasteiger partial charge in [-0.25, -0.2) is 0 Å². The van der Waals surface area contributed by atoms with E-state index >= 15 is 0 Å². The normalized spacial score (nSPS) is 15.6. The van der Waals surface area contributed by atoms with E-state index in [0.717, 1.165) is 25.4 Å². The van der Waals surface area contributed by atoms with Crippen LogP contribution in [0.25, 0.3) is 10.9 Å². The van der Waals surface area contributed by atoms with Crippen LogP contribution in [-0.4, -0.2) is 11.1 Å². The molecule has 1 heterocycles. The lowest BCUT2D eigenvalue weighted by molar-refractivity contribution is 0.764. The van der Waals surface area contributed by atoms with Crippen LogP contribution in [0.4, 0.5) is 0 Å². The van der Waals surface area contributed by atoms with Gasteiger partial charge in [-0.15, -0.1) is 0 Å². The molecule has 2 nitrogen and oxygen atoms in total. The first-order valence-electron chi connectivity index (χ1n) is 6.60. The van der Waals surface area contributed by atoms with E-state index in [1.807, 2.05) is 0 Å². The Labute approximate surface area is 102 Å². The fraction of sp³-hybridized carbons (Fsp3) is 0.467. The molecule has 1 aliphatic carbocycles. The van der Waals surface area contributed by atoms with Crippen molar-refractivity contribution in [3.05, 3.63) is 35.5 Å². The lowest BCUT2D eigenvalue weighted by Gasteiger charge is -2.03. The van der Waals surface area contributed by atoms with Crippen LogP contribution < -0.4 is 5.73 Å². The molecule has 90 valence electrons. The summed E-state index contributed by atoms with van der Waals surface area (Å²) in [6.45, 7) is 2.99. The molecule has 17 heavy (non-hydrogen) atoms. The SMILES string of the molecule is Cc1cccc2c1c(CCCN)cn2C1CC1. The minimum atomic E-state index is 0.755. The van der Waals surface area contributed by atoms with Crippen LogP contribution in [-0.2, 0) is 6.42 Å². The van der Waals surface area contributed by atoms with Crippen LogP contribution in [0, 0.1) is 6.92 Å². The molecule has 0 radical (unpaired) electrons. The smallest absolute Gasteiger partial charge is 0.0488 e. The van der Waals surface area contributed by atoms with Gasteiger partial charge in [0.05, 0.1) is 0 Å². The van der Waals surface area contributed by atoms with Crippen molar-refractivity contribution in [2.75, 3.05) is 6.54 Å². The van der Waals surface area contributed by atoms with Gasteiger partial charge in [0.25, 0.3) is 0 Å². The van der Waals surface area contributed by atoms with Gasteiger partial charge in [0.2, 0.25) is 0 Å². The molecular weight excluding hydrogens is 208 g/mol. The Balaban J connectivity index is 2.13. The predicted octanol–water partition coefficient (Wildman–Crippen LogP) is 3.18. The van der Waals surface area contributed by atoms with Crippen LogP contribution in [0.2, 0.25) is 0 Å². The van der Waals surface area contributed by atoms with Crippen molar-refractivity contribution < 1.29 is 0 Å². The lowest BCUT2D eigenvalue weighted by atomic mass is 10.0. The highest BCUT2D eigenvalue weighted by atomic mass is 15.0. The molecule has 1 aliphatic rings. The number of benzene rings is 1. The highest BCUT2D eigenvalue weighted by Gasteiger charge is 2.25. The third-order valence-corrected chi connectivity index (χ3v) is 3.74. The number of nitrogens with zero attached hydrogens (tertiary/aromatic N) is 1. The highest BCUT2D eigenvalue weighted by Crippen LogP contribution is 2.39. The average molecular weight is 228 g/mol. The molecule has 0 spiro atoms. The second-order valence-electron chi connectivity index (χ2n) is 5.15. The summed E-state index contributed by atoms with van der Waals surface area (Å²) >= 11 is 0. The Hall–Kier alpha value is -1.28. The monoisotopic (exact) mass is 228 g/mol. The van der Waals surface area contributed by atoms with Crippen molar-refractivity contribution in [1.29, 1.82) is 0 Å². The van der Waals surface area contributed by atoms with E-state index in [1.165, 1.54) is 34.9 Å². The number of fused-ring (bicyclic) bond motifs is 1. The second-order valence-corrected chi connectivity index (χ2v) is 5.15. The Morgan fingerprint density at radius 3 is 2.88 bits per heavy atom. The first-order valence-corrected chi connectivity index (χ1v) is 6.60. The third kappa shape index (κ3) is 1.87.